The average molecular weight is 266 g/mol. The zero-order valence-corrected chi connectivity index (χ0v) is 11.3. The third-order valence-corrected chi connectivity index (χ3v) is 2.99. The van der Waals surface area contributed by atoms with E-state index in [4.69, 9.17) is 4.52 Å². The van der Waals surface area contributed by atoms with Crippen molar-refractivity contribution in [2.75, 3.05) is 11.9 Å². The smallest absolute Gasteiger partial charge is 0.320 e. The van der Waals surface area contributed by atoms with E-state index in [1.165, 1.54) is 0 Å². The summed E-state index contributed by atoms with van der Waals surface area (Å²) in [5.41, 5.74) is 0. The van der Waals surface area contributed by atoms with Crippen molar-refractivity contribution in [1.82, 2.24) is 15.4 Å². The molecule has 1 aromatic rings. The molecule has 1 fully saturated rings. The van der Waals surface area contributed by atoms with Gasteiger partial charge < -0.3 is 14.7 Å². The third-order valence-electron chi connectivity index (χ3n) is 2.99. The molecule has 0 aliphatic carbocycles. The number of urea groups is 1. The zero-order chi connectivity index (χ0) is 14.0. The van der Waals surface area contributed by atoms with E-state index in [9.17, 15) is 9.59 Å². The molecule has 3 amide bonds. The molecular weight excluding hydrogens is 248 g/mol. The Hall–Kier alpha value is -2.05. The SMILES string of the molecule is Cc1cc(NC(=O)NC2CC(=O)N(C(C)C)C2)no1. The lowest BCUT2D eigenvalue weighted by Crippen LogP contribution is -2.40. The number of likely N-dealkylation sites (tertiary alicyclic amines) is 1. The molecule has 0 radical (unpaired) electrons. The van der Waals surface area contributed by atoms with E-state index in [1.54, 1.807) is 17.9 Å². The summed E-state index contributed by atoms with van der Waals surface area (Å²) in [6.07, 6.45) is 0.337. The third kappa shape index (κ3) is 3.24. The summed E-state index contributed by atoms with van der Waals surface area (Å²) < 4.78 is 4.85. The standard InChI is InChI=1S/C12H18N4O3/c1-7(2)16-6-9(5-11(16)17)13-12(18)14-10-4-8(3)19-15-10/h4,7,9H,5-6H2,1-3H3,(H2,13,14,15,18). The Kier molecular flexibility index (Phi) is 3.73. The lowest BCUT2D eigenvalue weighted by molar-refractivity contribution is -0.129. The van der Waals surface area contributed by atoms with Crippen molar-refractivity contribution in [3.63, 3.8) is 0 Å². The Labute approximate surface area is 111 Å². The Morgan fingerprint density at radius 2 is 2.32 bits per heavy atom. The summed E-state index contributed by atoms with van der Waals surface area (Å²) in [6, 6.07) is 1.24. The molecule has 1 aliphatic heterocycles. The van der Waals surface area contributed by atoms with Crippen LogP contribution in [0.25, 0.3) is 0 Å². The van der Waals surface area contributed by atoms with Gasteiger partial charge in [-0.15, -0.1) is 0 Å². The monoisotopic (exact) mass is 266 g/mol. The number of carbonyl (C=O) groups is 2. The van der Waals surface area contributed by atoms with E-state index in [0.717, 1.165) is 0 Å². The summed E-state index contributed by atoms with van der Waals surface area (Å²) in [6.45, 7) is 6.20. The highest BCUT2D eigenvalue weighted by Gasteiger charge is 2.31. The maximum absolute atomic E-state index is 11.7. The minimum absolute atomic E-state index is 0.0672. The molecule has 1 aromatic heterocycles. The molecule has 1 aliphatic rings. The Bertz CT molecular complexity index is 483. The van der Waals surface area contributed by atoms with E-state index in [1.807, 2.05) is 13.8 Å². The second kappa shape index (κ2) is 5.29. The molecule has 0 aromatic carbocycles. The molecule has 0 saturated carbocycles. The summed E-state index contributed by atoms with van der Waals surface area (Å²) in [4.78, 5) is 25.2. The molecule has 0 spiro atoms. The van der Waals surface area contributed by atoms with Gasteiger partial charge in [0, 0.05) is 25.1 Å². The first-order valence-electron chi connectivity index (χ1n) is 6.26. The highest BCUT2D eigenvalue weighted by Crippen LogP contribution is 2.14. The van der Waals surface area contributed by atoms with Gasteiger partial charge in [-0.3, -0.25) is 10.1 Å². The van der Waals surface area contributed by atoms with Crippen LogP contribution in [0.2, 0.25) is 0 Å². The highest BCUT2D eigenvalue weighted by atomic mass is 16.5. The number of anilines is 1. The van der Waals surface area contributed by atoms with Gasteiger partial charge in [0.1, 0.15) is 5.76 Å². The van der Waals surface area contributed by atoms with Crippen LogP contribution in [0.1, 0.15) is 26.0 Å². The van der Waals surface area contributed by atoms with E-state index in [2.05, 4.69) is 15.8 Å². The average Bonchev–Trinajstić information content (AvgIpc) is 2.85. The van der Waals surface area contributed by atoms with E-state index >= 15 is 0 Å². The number of nitrogens with one attached hydrogen (secondary N) is 2. The van der Waals surface area contributed by atoms with Gasteiger partial charge in [-0.2, -0.15) is 0 Å². The van der Waals surface area contributed by atoms with E-state index < -0.39 is 0 Å². The molecule has 2 rings (SSSR count). The molecule has 104 valence electrons. The predicted octanol–water partition coefficient (Wildman–Crippen LogP) is 1.11. The van der Waals surface area contributed by atoms with Gasteiger partial charge in [0.25, 0.3) is 0 Å². The first-order chi connectivity index (χ1) is 8.95. The quantitative estimate of drug-likeness (QED) is 0.858. The minimum atomic E-state index is -0.378. The number of hydrogen-bond donors (Lipinski definition) is 2. The van der Waals surface area contributed by atoms with Crippen LogP contribution in [0.15, 0.2) is 10.6 Å². The molecule has 1 unspecified atom stereocenters. The van der Waals surface area contributed by atoms with Gasteiger partial charge in [-0.1, -0.05) is 5.16 Å². The van der Waals surface area contributed by atoms with Gasteiger partial charge in [0.2, 0.25) is 5.91 Å². The fourth-order valence-electron chi connectivity index (χ4n) is 2.09. The number of nitrogens with zero attached hydrogens (tertiary/aromatic N) is 2. The molecule has 7 nitrogen and oxygen atoms in total. The first kappa shape index (κ1) is 13.4. The van der Waals surface area contributed by atoms with Crippen molar-refractivity contribution in [1.29, 1.82) is 0 Å². The van der Waals surface area contributed by atoms with Crippen LogP contribution in [0.3, 0.4) is 0 Å². The number of carbonyl (C=O) groups excluding carboxylic acids is 2. The maximum atomic E-state index is 11.7. The molecule has 19 heavy (non-hydrogen) atoms. The molecule has 1 saturated heterocycles. The lowest BCUT2D eigenvalue weighted by Gasteiger charge is -2.21. The molecule has 7 heteroatoms. The van der Waals surface area contributed by atoms with Crippen LogP contribution in [0, 0.1) is 6.92 Å². The first-order valence-corrected chi connectivity index (χ1v) is 6.26. The second-order valence-corrected chi connectivity index (χ2v) is 4.96. The summed E-state index contributed by atoms with van der Waals surface area (Å²) in [5.74, 6) is 1.05. The second-order valence-electron chi connectivity index (χ2n) is 4.96. The van der Waals surface area contributed by atoms with Gasteiger partial charge in [0.05, 0.1) is 6.04 Å². The van der Waals surface area contributed by atoms with Crippen LogP contribution in [-0.2, 0) is 4.79 Å². The van der Waals surface area contributed by atoms with Crippen molar-refractivity contribution < 1.29 is 14.1 Å². The minimum Gasteiger partial charge on any atom is -0.360 e. The number of amides is 3. The molecule has 2 heterocycles. The van der Waals surface area contributed by atoms with Crippen molar-refractivity contribution >= 4 is 17.8 Å². The van der Waals surface area contributed by atoms with Crippen LogP contribution >= 0.6 is 0 Å². The Morgan fingerprint density at radius 1 is 1.58 bits per heavy atom. The van der Waals surface area contributed by atoms with Crippen LogP contribution in [-0.4, -0.2) is 40.6 Å². The van der Waals surface area contributed by atoms with Crippen LogP contribution in [0.4, 0.5) is 10.6 Å². The number of aromatic nitrogens is 1. The number of rotatable bonds is 3. The zero-order valence-electron chi connectivity index (χ0n) is 11.3. The van der Waals surface area contributed by atoms with Gasteiger partial charge >= 0.3 is 6.03 Å². The van der Waals surface area contributed by atoms with E-state index in [0.29, 0.717) is 24.5 Å². The predicted molar refractivity (Wildman–Crippen MR) is 68.6 cm³/mol. The molecular formula is C12H18N4O3. The topological polar surface area (TPSA) is 87.5 Å². The van der Waals surface area contributed by atoms with E-state index in [-0.39, 0.29) is 24.0 Å². The van der Waals surface area contributed by atoms with Crippen molar-refractivity contribution in [3.05, 3.63) is 11.8 Å². The molecule has 2 N–H and O–H groups in total. The number of hydrogen-bond acceptors (Lipinski definition) is 4. The molecule has 0 bridgehead atoms. The number of aryl methyl sites for hydroxylation is 1. The maximum Gasteiger partial charge on any atom is 0.320 e. The largest absolute Gasteiger partial charge is 0.360 e. The Morgan fingerprint density at radius 3 is 2.84 bits per heavy atom. The van der Waals surface area contributed by atoms with Gasteiger partial charge in [-0.25, -0.2) is 4.79 Å². The van der Waals surface area contributed by atoms with Crippen LogP contribution in [0.5, 0.6) is 0 Å². The lowest BCUT2D eigenvalue weighted by atomic mass is 10.2. The summed E-state index contributed by atoms with van der Waals surface area (Å²) in [5, 5.41) is 8.99. The fourth-order valence-corrected chi connectivity index (χ4v) is 2.09. The summed E-state index contributed by atoms with van der Waals surface area (Å²) >= 11 is 0. The van der Waals surface area contributed by atoms with Crippen molar-refractivity contribution in [2.45, 2.75) is 39.3 Å². The van der Waals surface area contributed by atoms with Gasteiger partial charge in [0.15, 0.2) is 5.82 Å². The van der Waals surface area contributed by atoms with Gasteiger partial charge in [-0.05, 0) is 20.8 Å². The molecule has 1 atom stereocenters. The summed E-state index contributed by atoms with van der Waals surface area (Å²) in [7, 11) is 0. The Balaban J connectivity index is 1.85. The fraction of sp³-hybridized carbons (Fsp3) is 0.583. The highest BCUT2D eigenvalue weighted by molar-refractivity contribution is 5.89. The normalized spacial score (nSPS) is 19.1. The van der Waals surface area contributed by atoms with Crippen LogP contribution < -0.4 is 10.6 Å². The van der Waals surface area contributed by atoms with Crippen molar-refractivity contribution in [2.24, 2.45) is 0 Å². The van der Waals surface area contributed by atoms with Crippen molar-refractivity contribution in [3.8, 4) is 0 Å².